The van der Waals surface area contributed by atoms with Crippen LogP contribution in [0.2, 0.25) is 15.1 Å². The Kier molecular flexibility index (Phi) is 8.10. The molecule has 0 saturated carbocycles. The fraction of sp³-hybridized carbons (Fsp3) is 0.308. The minimum Gasteiger partial charge on any atom is -0.292 e. The number of imide groups is 1. The molecule has 2 aliphatic rings. The van der Waals surface area contributed by atoms with Crippen LogP contribution in [0.1, 0.15) is 40.5 Å². The summed E-state index contributed by atoms with van der Waals surface area (Å²) >= 11 is 24.2. The highest BCUT2D eigenvalue weighted by Crippen LogP contribution is 2.40. The predicted molar refractivity (Wildman–Crippen MR) is 139 cm³/mol. The maximum absolute atomic E-state index is 13.9. The lowest BCUT2D eigenvalue weighted by Gasteiger charge is -2.36. The van der Waals surface area contributed by atoms with E-state index in [-0.39, 0.29) is 39.4 Å². The van der Waals surface area contributed by atoms with Gasteiger partial charge in [-0.1, -0.05) is 53.9 Å². The van der Waals surface area contributed by atoms with Gasteiger partial charge >= 0.3 is 0 Å². The quantitative estimate of drug-likeness (QED) is 0.176. The van der Waals surface area contributed by atoms with Gasteiger partial charge < -0.3 is 0 Å². The maximum Gasteiger partial charge on any atom is 0.273 e. The third-order valence-electron chi connectivity index (χ3n) is 6.55. The van der Waals surface area contributed by atoms with E-state index in [1.807, 2.05) is 19.1 Å². The van der Waals surface area contributed by atoms with E-state index >= 15 is 0 Å². The number of Topliss-reactive ketones (excluding diaryl/α,β-unsaturated/α-hetero) is 1. The van der Waals surface area contributed by atoms with Gasteiger partial charge in [0.05, 0.1) is 21.9 Å². The van der Waals surface area contributed by atoms with Crippen LogP contribution < -0.4 is 0 Å². The number of rotatable bonds is 7. The zero-order valence-corrected chi connectivity index (χ0v) is 22.2. The average Bonchev–Trinajstić information content (AvgIpc) is 3.11. The van der Waals surface area contributed by atoms with Crippen molar-refractivity contribution < 1.29 is 19.2 Å². The molecule has 188 valence electrons. The molecule has 2 aromatic rings. The summed E-state index contributed by atoms with van der Waals surface area (Å²) in [7, 11) is 0. The molecule has 3 amide bonds. The third-order valence-corrected chi connectivity index (χ3v) is 7.76. The molecular weight excluding hydrogens is 546 g/mol. The molecule has 6 nitrogen and oxygen atoms in total. The van der Waals surface area contributed by atoms with E-state index in [9.17, 15) is 19.2 Å². The summed E-state index contributed by atoms with van der Waals surface area (Å²) in [4.78, 5) is 54.8. The Morgan fingerprint density at radius 3 is 2.28 bits per heavy atom. The Labute approximate surface area is 228 Å². The number of nitrogens with zero attached hydrogens (tertiary/aromatic N) is 2. The molecule has 4 atom stereocenters. The number of hydrazine groups is 1. The van der Waals surface area contributed by atoms with Gasteiger partial charge in [-0.15, -0.1) is 11.6 Å². The smallest absolute Gasteiger partial charge is 0.273 e. The number of ketones is 1. The van der Waals surface area contributed by atoms with Crippen LogP contribution >= 0.6 is 46.4 Å². The number of fused-ring (bicyclic) bond motifs is 1. The van der Waals surface area contributed by atoms with Crippen LogP contribution in [0, 0.1) is 17.8 Å². The molecule has 0 radical (unpaired) electrons. The second-order valence-electron chi connectivity index (χ2n) is 8.79. The number of halogens is 4. The molecule has 0 aromatic heterocycles. The lowest BCUT2D eigenvalue weighted by atomic mass is 9.78. The zero-order valence-electron chi connectivity index (χ0n) is 19.2. The van der Waals surface area contributed by atoms with Gasteiger partial charge in [-0.05, 0) is 61.2 Å². The minimum absolute atomic E-state index is 0.00370. The van der Waals surface area contributed by atoms with Crippen molar-refractivity contribution in [1.82, 2.24) is 10.0 Å². The second-order valence-corrected chi connectivity index (χ2v) is 10.4. The standard InChI is InChI=1S/C26H22Cl4N2O4/c1-14-3-2-4-18-22(14)26(36)32(25(18)35)31(24(34)16-7-10-19(29)20(30)13-16)21(11-12-27)23(33)15-5-8-17(28)9-6-15/h2-3,5-10,13-14,18,21-22H,4,11-12H2,1H3/t14-,18+,21-,22-/m1/s1. The molecule has 0 bridgehead atoms. The van der Waals surface area contributed by atoms with E-state index in [2.05, 4.69) is 0 Å². The first kappa shape index (κ1) is 26.7. The predicted octanol–water partition coefficient (Wildman–Crippen LogP) is 6.08. The van der Waals surface area contributed by atoms with Crippen molar-refractivity contribution in [3.8, 4) is 0 Å². The van der Waals surface area contributed by atoms with Crippen LogP contribution in [-0.2, 0) is 9.59 Å². The van der Waals surface area contributed by atoms with E-state index in [4.69, 9.17) is 46.4 Å². The number of hydrogen-bond acceptors (Lipinski definition) is 4. The van der Waals surface area contributed by atoms with Crippen molar-refractivity contribution in [2.45, 2.75) is 25.8 Å². The molecule has 1 saturated heterocycles. The largest absolute Gasteiger partial charge is 0.292 e. The highest BCUT2D eigenvalue weighted by atomic mass is 35.5. The van der Waals surface area contributed by atoms with Crippen LogP contribution in [0.4, 0.5) is 0 Å². The van der Waals surface area contributed by atoms with Crippen molar-refractivity contribution in [1.29, 1.82) is 0 Å². The van der Waals surface area contributed by atoms with Gasteiger partial charge in [-0.2, -0.15) is 5.01 Å². The summed E-state index contributed by atoms with van der Waals surface area (Å²) < 4.78 is 0. The van der Waals surface area contributed by atoms with Gasteiger partial charge in [0, 0.05) is 22.0 Å². The van der Waals surface area contributed by atoms with Gasteiger partial charge in [0.2, 0.25) is 0 Å². The number of benzene rings is 2. The Balaban J connectivity index is 1.83. The Bertz CT molecular complexity index is 1250. The van der Waals surface area contributed by atoms with Crippen LogP contribution in [0.3, 0.4) is 0 Å². The first-order valence-electron chi connectivity index (χ1n) is 11.3. The van der Waals surface area contributed by atoms with Crippen molar-refractivity contribution in [2.75, 3.05) is 5.88 Å². The number of alkyl halides is 1. The molecule has 10 heteroatoms. The van der Waals surface area contributed by atoms with Gasteiger partial charge in [0.25, 0.3) is 17.7 Å². The van der Waals surface area contributed by atoms with Crippen molar-refractivity contribution >= 4 is 69.9 Å². The van der Waals surface area contributed by atoms with Crippen molar-refractivity contribution in [3.05, 3.63) is 80.8 Å². The third kappa shape index (κ3) is 4.92. The summed E-state index contributed by atoms with van der Waals surface area (Å²) in [6.45, 7) is 1.85. The fourth-order valence-electron chi connectivity index (χ4n) is 4.75. The van der Waals surface area contributed by atoms with Crippen molar-refractivity contribution in [2.24, 2.45) is 17.8 Å². The number of carbonyl (C=O) groups excluding carboxylic acids is 4. The highest BCUT2D eigenvalue weighted by molar-refractivity contribution is 6.42. The van der Waals surface area contributed by atoms with E-state index in [1.54, 1.807) is 12.1 Å². The Morgan fingerprint density at radius 1 is 1.00 bits per heavy atom. The molecule has 0 unspecified atom stereocenters. The highest BCUT2D eigenvalue weighted by Gasteiger charge is 2.54. The monoisotopic (exact) mass is 566 g/mol. The molecule has 0 spiro atoms. The number of allylic oxidation sites excluding steroid dienone is 2. The summed E-state index contributed by atoms with van der Waals surface area (Å²) in [5, 5.41) is 2.57. The first-order chi connectivity index (χ1) is 17.1. The first-order valence-corrected chi connectivity index (χ1v) is 13.0. The average molecular weight is 568 g/mol. The lowest BCUT2D eigenvalue weighted by molar-refractivity contribution is -0.156. The van der Waals surface area contributed by atoms with Gasteiger partial charge in [0.1, 0.15) is 6.04 Å². The van der Waals surface area contributed by atoms with Gasteiger partial charge in [-0.25, -0.2) is 5.01 Å². The van der Waals surface area contributed by atoms with Crippen molar-refractivity contribution in [3.63, 3.8) is 0 Å². The molecule has 1 aliphatic heterocycles. The second kappa shape index (κ2) is 10.9. The topological polar surface area (TPSA) is 74.8 Å². The van der Waals surface area contributed by atoms with Crippen LogP contribution in [0.25, 0.3) is 0 Å². The molecule has 36 heavy (non-hydrogen) atoms. The van der Waals surface area contributed by atoms with E-state index in [1.165, 1.54) is 30.3 Å². The van der Waals surface area contributed by atoms with Crippen LogP contribution in [0.5, 0.6) is 0 Å². The van der Waals surface area contributed by atoms with Gasteiger partial charge in [0.15, 0.2) is 5.78 Å². The summed E-state index contributed by atoms with van der Waals surface area (Å²) in [5.41, 5.74) is 0.322. The molecule has 1 fully saturated rings. The lowest BCUT2D eigenvalue weighted by Crippen LogP contribution is -2.57. The number of amides is 3. The van der Waals surface area contributed by atoms with Gasteiger partial charge in [-0.3, -0.25) is 19.2 Å². The number of hydrogen-bond donors (Lipinski definition) is 0. The molecule has 1 aliphatic carbocycles. The normalized spacial score (nSPS) is 21.9. The summed E-state index contributed by atoms with van der Waals surface area (Å²) in [5.74, 6) is -3.74. The Hall–Kier alpha value is -2.38. The summed E-state index contributed by atoms with van der Waals surface area (Å²) in [6, 6.07) is 9.11. The molecular formula is C26H22Cl4N2O4. The maximum atomic E-state index is 13.9. The van der Waals surface area contributed by atoms with Crippen LogP contribution in [0.15, 0.2) is 54.6 Å². The molecule has 2 aromatic carbocycles. The minimum atomic E-state index is -1.23. The Morgan fingerprint density at radius 2 is 1.67 bits per heavy atom. The van der Waals surface area contributed by atoms with E-state index < -0.39 is 41.4 Å². The summed E-state index contributed by atoms with van der Waals surface area (Å²) in [6.07, 6.45) is 4.11. The zero-order chi connectivity index (χ0) is 26.1. The van der Waals surface area contributed by atoms with E-state index in [0.717, 1.165) is 10.0 Å². The van der Waals surface area contributed by atoms with Crippen LogP contribution in [-0.4, -0.2) is 45.4 Å². The van der Waals surface area contributed by atoms with E-state index in [0.29, 0.717) is 11.4 Å². The molecule has 4 rings (SSSR count). The number of carbonyl (C=O) groups is 4. The fourth-order valence-corrected chi connectivity index (χ4v) is 5.38. The SMILES string of the molecule is C[C@@H]1C=CC[C@@H]2C(=O)N(N(C(=O)c3ccc(Cl)c(Cl)c3)[C@H](CCCl)C(=O)c3ccc(Cl)cc3)C(=O)[C@H]12. The molecule has 0 N–H and O–H groups in total. The molecule has 1 heterocycles.